The van der Waals surface area contributed by atoms with Gasteiger partial charge in [0.2, 0.25) is 5.91 Å². The molecule has 3 atom stereocenters. The van der Waals surface area contributed by atoms with Gasteiger partial charge in [0.1, 0.15) is 13.2 Å². The monoisotopic (exact) mass is 1050 g/mol. The van der Waals surface area contributed by atoms with Crippen molar-refractivity contribution in [3.63, 3.8) is 0 Å². The molecule has 0 saturated heterocycles. The second kappa shape index (κ2) is 55.2. The lowest BCUT2D eigenvalue weighted by Crippen LogP contribution is -2.45. The Labute approximate surface area is 458 Å². The van der Waals surface area contributed by atoms with E-state index in [4.69, 9.17) is 9.05 Å². The minimum atomic E-state index is -4.62. The van der Waals surface area contributed by atoms with E-state index in [1.165, 1.54) is 148 Å². The van der Waals surface area contributed by atoms with Crippen LogP contribution in [-0.4, -0.2) is 68.5 Å². The largest absolute Gasteiger partial charge is 0.756 e. The van der Waals surface area contributed by atoms with Crippen LogP contribution in [0.3, 0.4) is 0 Å². The molecule has 0 saturated carbocycles. The fourth-order valence-corrected chi connectivity index (χ4v) is 9.23. The maximum atomic E-state index is 13.0. The summed E-state index contributed by atoms with van der Waals surface area (Å²) in [5.41, 5.74) is 0. The van der Waals surface area contributed by atoms with Crippen LogP contribution in [-0.2, 0) is 18.4 Å². The van der Waals surface area contributed by atoms with Crippen LogP contribution in [0.5, 0.6) is 0 Å². The van der Waals surface area contributed by atoms with Crippen LogP contribution in [0.2, 0.25) is 0 Å². The van der Waals surface area contributed by atoms with Crippen LogP contribution in [0.1, 0.15) is 258 Å². The highest BCUT2D eigenvalue weighted by molar-refractivity contribution is 7.45. The molecule has 0 radical (unpaired) electrons. The summed E-state index contributed by atoms with van der Waals surface area (Å²) in [7, 11) is 1.22. The summed E-state index contributed by atoms with van der Waals surface area (Å²) in [6.45, 7) is 4.51. The molecule has 0 aromatic carbocycles. The van der Waals surface area contributed by atoms with E-state index in [1.807, 2.05) is 27.2 Å². The van der Waals surface area contributed by atoms with E-state index in [2.05, 4.69) is 104 Å². The highest BCUT2D eigenvalue weighted by Gasteiger charge is 2.23. The quantitative estimate of drug-likeness (QED) is 0.0272. The fraction of sp³-hybridized carbons (Fsp3) is 0.738. The summed E-state index contributed by atoms with van der Waals surface area (Å²) in [4.78, 5) is 25.5. The van der Waals surface area contributed by atoms with E-state index < -0.39 is 26.6 Å². The van der Waals surface area contributed by atoms with Crippen LogP contribution >= 0.6 is 7.82 Å². The van der Waals surface area contributed by atoms with E-state index in [1.54, 1.807) is 6.08 Å². The fourth-order valence-electron chi connectivity index (χ4n) is 8.51. The van der Waals surface area contributed by atoms with Crippen LogP contribution in [0.25, 0.3) is 0 Å². The van der Waals surface area contributed by atoms with Gasteiger partial charge in [-0.15, -0.1) is 0 Å². The average Bonchev–Trinajstić information content (AvgIpc) is 3.36. The van der Waals surface area contributed by atoms with Crippen molar-refractivity contribution in [2.75, 3.05) is 40.9 Å². The number of aliphatic hydroxyl groups excluding tert-OH is 1. The maximum absolute atomic E-state index is 13.0. The number of likely N-dealkylation sites (N-methyl/N-ethyl adjacent to an activating group) is 1. The number of hydrogen-bond acceptors (Lipinski definition) is 6. The zero-order chi connectivity index (χ0) is 54.2. The molecule has 0 aliphatic rings. The Morgan fingerprint density at radius 1 is 0.486 bits per heavy atom. The predicted octanol–water partition coefficient (Wildman–Crippen LogP) is 18.4. The van der Waals surface area contributed by atoms with Gasteiger partial charge >= 0.3 is 0 Å². The molecule has 74 heavy (non-hydrogen) atoms. The number of allylic oxidation sites excluding steroid dienone is 15. The van der Waals surface area contributed by atoms with Crippen molar-refractivity contribution in [1.29, 1.82) is 0 Å². The average molecular weight is 1050 g/mol. The van der Waals surface area contributed by atoms with Gasteiger partial charge in [-0.05, 0) is 89.9 Å². The van der Waals surface area contributed by atoms with E-state index >= 15 is 0 Å². The third-order valence-electron chi connectivity index (χ3n) is 13.3. The van der Waals surface area contributed by atoms with Crippen molar-refractivity contribution < 1.29 is 32.9 Å². The first-order chi connectivity index (χ1) is 36.0. The number of rotatable bonds is 55. The molecule has 1 amide bonds. The van der Waals surface area contributed by atoms with Gasteiger partial charge in [-0.2, -0.15) is 0 Å². The lowest BCUT2D eigenvalue weighted by Gasteiger charge is -2.29. The third kappa shape index (κ3) is 57.1. The number of nitrogens with zero attached hydrogens (tertiary/aromatic N) is 1. The first kappa shape index (κ1) is 71.4. The van der Waals surface area contributed by atoms with Gasteiger partial charge in [0.05, 0.1) is 39.9 Å². The Kier molecular flexibility index (Phi) is 53.3. The van der Waals surface area contributed by atoms with Crippen molar-refractivity contribution in [2.24, 2.45) is 0 Å². The van der Waals surface area contributed by atoms with Crippen molar-refractivity contribution in [3.05, 3.63) is 97.2 Å². The summed E-state index contributed by atoms with van der Waals surface area (Å²) >= 11 is 0. The standard InChI is InChI=1S/C65H117N2O6P/c1-6-8-10-12-14-16-18-20-22-24-26-28-30-32-33-35-36-38-40-42-44-46-48-50-52-54-56-58-64(68)63(62-73-74(70,71)72-61-60-67(3,4)5)66-65(69)59-57-55-53-51-49-47-45-43-41-39-37-34-31-29-27-25-23-21-19-17-15-13-11-9-7-2/h9,11,15,17,21,23,27,29,34,37,40,42,48,50,56,58,63-64,68H,6-8,10,12-14,16,18-20,22,24-26,28,30-33,35-36,38-39,41,43-47,49,51-55,57,59-62H2,1-5H3,(H-,66,69,70,71)/b11-9-,17-15-,23-21-,29-27-,37-34-,42-40+,50-48+,58-56+. The maximum Gasteiger partial charge on any atom is 0.268 e. The number of unbranched alkanes of at least 4 members (excludes halogenated alkanes) is 28. The van der Waals surface area contributed by atoms with Gasteiger partial charge in [-0.1, -0.05) is 259 Å². The van der Waals surface area contributed by atoms with E-state index in [-0.39, 0.29) is 12.5 Å². The van der Waals surface area contributed by atoms with Gasteiger partial charge in [0, 0.05) is 6.42 Å². The SMILES string of the molecule is CC/C=C\C/C=C\C/C=C\C/C=C\C/C=C\CCCCCCCCCCCC(=O)NC(COP(=O)([O-])OCC[N+](C)(C)C)C(O)/C=C/CC/C=C/CC/C=C/CCCCCCCCCCCCCCCCCCC. The molecule has 428 valence electrons. The molecule has 0 rings (SSSR count). The second-order valence-corrected chi connectivity index (χ2v) is 23.1. The predicted molar refractivity (Wildman–Crippen MR) is 320 cm³/mol. The van der Waals surface area contributed by atoms with Crippen LogP contribution < -0.4 is 10.2 Å². The first-order valence-electron chi connectivity index (χ1n) is 30.6. The van der Waals surface area contributed by atoms with Gasteiger partial charge in [0.15, 0.2) is 0 Å². The number of amides is 1. The Morgan fingerprint density at radius 2 is 0.838 bits per heavy atom. The lowest BCUT2D eigenvalue weighted by molar-refractivity contribution is -0.870. The van der Waals surface area contributed by atoms with Crippen LogP contribution in [0.15, 0.2) is 97.2 Å². The minimum Gasteiger partial charge on any atom is -0.756 e. The topological polar surface area (TPSA) is 108 Å². The zero-order valence-corrected chi connectivity index (χ0v) is 49.7. The number of aliphatic hydroxyl groups is 1. The van der Waals surface area contributed by atoms with Gasteiger partial charge in [-0.25, -0.2) is 0 Å². The molecular formula is C65H117N2O6P. The molecular weight excluding hydrogens is 936 g/mol. The van der Waals surface area contributed by atoms with Crippen molar-refractivity contribution in [2.45, 2.75) is 270 Å². The molecule has 0 aliphatic heterocycles. The highest BCUT2D eigenvalue weighted by Crippen LogP contribution is 2.38. The Bertz CT molecular complexity index is 1520. The summed E-state index contributed by atoms with van der Waals surface area (Å²) in [6, 6.07) is -0.921. The highest BCUT2D eigenvalue weighted by atomic mass is 31.2. The molecule has 9 heteroatoms. The number of quaternary nitrogens is 1. The van der Waals surface area contributed by atoms with Gasteiger partial charge in [0.25, 0.3) is 7.82 Å². The molecule has 3 unspecified atom stereocenters. The van der Waals surface area contributed by atoms with E-state index in [0.29, 0.717) is 17.4 Å². The zero-order valence-electron chi connectivity index (χ0n) is 48.8. The molecule has 0 aromatic heterocycles. The minimum absolute atomic E-state index is 0.0149. The molecule has 2 N–H and O–H groups in total. The van der Waals surface area contributed by atoms with Gasteiger partial charge < -0.3 is 28.8 Å². The van der Waals surface area contributed by atoms with Gasteiger partial charge in [-0.3, -0.25) is 9.36 Å². The normalized spacial score (nSPS) is 14.5. The lowest BCUT2D eigenvalue weighted by atomic mass is 10.0. The Hall–Kier alpha value is -2.58. The summed E-state index contributed by atoms with van der Waals surface area (Å²) < 4.78 is 23.4. The first-order valence-corrected chi connectivity index (χ1v) is 32.1. The number of hydrogen-bond donors (Lipinski definition) is 2. The number of phosphoric acid groups is 1. The Morgan fingerprint density at radius 3 is 1.26 bits per heavy atom. The number of carbonyl (C=O) groups excluding carboxylic acids is 1. The third-order valence-corrected chi connectivity index (χ3v) is 14.2. The number of carbonyl (C=O) groups is 1. The van der Waals surface area contributed by atoms with Crippen molar-refractivity contribution in [1.82, 2.24) is 5.32 Å². The second-order valence-electron chi connectivity index (χ2n) is 21.7. The molecule has 0 aromatic rings. The van der Waals surface area contributed by atoms with Crippen molar-refractivity contribution >= 4 is 13.7 Å². The summed E-state index contributed by atoms with van der Waals surface area (Å²) in [6.07, 6.45) is 79.3. The number of phosphoric ester groups is 1. The molecule has 0 fully saturated rings. The Balaban J connectivity index is 4.28. The summed E-state index contributed by atoms with van der Waals surface area (Å²) in [5, 5.41) is 13.9. The molecule has 0 spiro atoms. The molecule has 0 heterocycles. The van der Waals surface area contributed by atoms with Crippen LogP contribution in [0.4, 0.5) is 0 Å². The van der Waals surface area contributed by atoms with Crippen molar-refractivity contribution in [3.8, 4) is 0 Å². The van der Waals surface area contributed by atoms with E-state index in [9.17, 15) is 19.4 Å². The molecule has 0 bridgehead atoms. The van der Waals surface area contributed by atoms with Crippen LogP contribution in [0, 0.1) is 0 Å². The summed E-state index contributed by atoms with van der Waals surface area (Å²) in [5.74, 6) is -0.220. The number of nitrogens with one attached hydrogen (secondary N) is 1. The molecule has 0 aliphatic carbocycles. The smallest absolute Gasteiger partial charge is 0.268 e. The van der Waals surface area contributed by atoms with E-state index in [0.717, 1.165) is 89.9 Å². The molecule has 8 nitrogen and oxygen atoms in total.